The summed E-state index contributed by atoms with van der Waals surface area (Å²) in [6.07, 6.45) is 3.42. The molecule has 0 aromatic heterocycles. The highest BCUT2D eigenvalue weighted by molar-refractivity contribution is 5.76. The highest BCUT2D eigenvalue weighted by Gasteiger charge is 2.23. The summed E-state index contributed by atoms with van der Waals surface area (Å²) in [6, 6.07) is 3.96. The Morgan fingerprint density at radius 2 is 2.09 bits per heavy atom. The van der Waals surface area contributed by atoms with E-state index in [1.807, 2.05) is 4.90 Å². The molecule has 122 valence electrons. The molecule has 2 rings (SSSR count). The summed E-state index contributed by atoms with van der Waals surface area (Å²) < 4.78 is 32.2. The predicted octanol–water partition coefficient (Wildman–Crippen LogP) is 3.17. The maximum absolute atomic E-state index is 13.6. The van der Waals surface area contributed by atoms with Crippen molar-refractivity contribution in [2.45, 2.75) is 32.1 Å². The summed E-state index contributed by atoms with van der Waals surface area (Å²) in [5, 5.41) is 0. The molecule has 0 unspecified atom stereocenters. The Balaban J connectivity index is 1.86. The Morgan fingerprint density at radius 1 is 1.36 bits per heavy atom. The van der Waals surface area contributed by atoms with Gasteiger partial charge in [-0.2, -0.15) is 0 Å². The number of halogens is 2. The van der Waals surface area contributed by atoms with Gasteiger partial charge in [-0.15, -0.1) is 0 Å². The number of methoxy groups -OCH3 is 1. The molecule has 1 amide bonds. The number of benzene rings is 1. The molecule has 1 heterocycles. The second kappa shape index (κ2) is 8.22. The standard InChI is InChI=1S/C17H23F2NO2/c1-22-11-9-17(21)20-10-3-4-13(12-20)7-8-14-15(18)5-2-6-16(14)19/h2,5-6,13H,3-4,7-12H2,1H3/t13-/m0/s1. The molecule has 0 saturated carbocycles. The van der Waals surface area contributed by atoms with Crippen LogP contribution in [0.4, 0.5) is 8.78 Å². The lowest BCUT2D eigenvalue weighted by Crippen LogP contribution is -2.40. The molecule has 0 spiro atoms. The highest BCUT2D eigenvalue weighted by atomic mass is 19.1. The van der Waals surface area contributed by atoms with E-state index in [1.165, 1.54) is 18.2 Å². The van der Waals surface area contributed by atoms with Crippen molar-refractivity contribution in [1.82, 2.24) is 4.90 Å². The lowest BCUT2D eigenvalue weighted by molar-refractivity contribution is -0.134. The number of ether oxygens (including phenoxy) is 1. The van der Waals surface area contributed by atoms with Crippen molar-refractivity contribution in [2.24, 2.45) is 5.92 Å². The van der Waals surface area contributed by atoms with Gasteiger partial charge in [0.25, 0.3) is 0 Å². The van der Waals surface area contributed by atoms with Gasteiger partial charge in [-0.05, 0) is 43.7 Å². The third-order valence-corrected chi connectivity index (χ3v) is 4.26. The van der Waals surface area contributed by atoms with Crippen LogP contribution in [0.3, 0.4) is 0 Å². The number of rotatable bonds is 6. The number of hydrogen-bond acceptors (Lipinski definition) is 2. The summed E-state index contributed by atoms with van der Waals surface area (Å²) >= 11 is 0. The van der Waals surface area contributed by atoms with E-state index < -0.39 is 11.6 Å². The minimum Gasteiger partial charge on any atom is -0.384 e. The quantitative estimate of drug-likeness (QED) is 0.807. The minimum atomic E-state index is -0.483. The molecule has 1 aromatic rings. The van der Waals surface area contributed by atoms with E-state index >= 15 is 0 Å². The van der Waals surface area contributed by atoms with Crippen LogP contribution in [0.1, 0.15) is 31.2 Å². The molecule has 0 aliphatic carbocycles. The number of likely N-dealkylation sites (tertiary alicyclic amines) is 1. The second-order valence-electron chi connectivity index (χ2n) is 5.83. The van der Waals surface area contributed by atoms with Crippen molar-refractivity contribution in [3.8, 4) is 0 Å². The molecule has 22 heavy (non-hydrogen) atoms. The fourth-order valence-electron chi connectivity index (χ4n) is 2.99. The Kier molecular flexibility index (Phi) is 6.31. The van der Waals surface area contributed by atoms with Crippen molar-refractivity contribution in [3.05, 3.63) is 35.4 Å². The number of hydrogen-bond donors (Lipinski definition) is 0. The van der Waals surface area contributed by atoms with E-state index in [0.29, 0.717) is 38.3 Å². The molecular weight excluding hydrogens is 288 g/mol. The largest absolute Gasteiger partial charge is 0.384 e. The van der Waals surface area contributed by atoms with Crippen LogP contribution >= 0.6 is 0 Å². The summed E-state index contributed by atoms with van der Waals surface area (Å²) in [6.45, 7) is 1.88. The molecule has 3 nitrogen and oxygen atoms in total. The molecular formula is C17H23F2NO2. The van der Waals surface area contributed by atoms with E-state index in [2.05, 4.69) is 0 Å². The van der Waals surface area contributed by atoms with E-state index in [1.54, 1.807) is 7.11 Å². The summed E-state index contributed by atoms with van der Waals surface area (Å²) in [7, 11) is 1.58. The first kappa shape index (κ1) is 16.9. The topological polar surface area (TPSA) is 29.5 Å². The number of carbonyl (C=O) groups is 1. The van der Waals surface area contributed by atoms with Crippen LogP contribution in [0, 0.1) is 17.6 Å². The first-order valence-electron chi connectivity index (χ1n) is 7.81. The average molecular weight is 311 g/mol. The van der Waals surface area contributed by atoms with Gasteiger partial charge in [0.15, 0.2) is 0 Å². The molecule has 0 bridgehead atoms. The molecule has 0 N–H and O–H groups in total. The number of carbonyl (C=O) groups excluding carboxylic acids is 1. The van der Waals surface area contributed by atoms with E-state index in [-0.39, 0.29) is 11.5 Å². The average Bonchev–Trinajstić information content (AvgIpc) is 2.52. The SMILES string of the molecule is COCCC(=O)N1CCC[C@@H](CCc2c(F)cccc2F)C1. The van der Waals surface area contributed by atoms with E-state index in [9.17, 15) is 13.6 Å². The molecule has 1 aliphatic rings. The van der Waals surface area contributed by atoms with Crippen molar-refractivity contribution < 1.29 is 18.3 Å². The molecule has 5 heteroatoms. The molecule has 1 aromatic carbocycles. The van der Waals surface area contributed by atoms with Crippen molar-refractivity contribution in [1.29, 1.82) is 0 Å². The van der Waals surface area contributed by atoms with Crippen molar-refractivity contribution >= 4 is 5.91 Å². The smallest absolute Gasteiger partial charge is 0.224 e. The predicted molar refractivity (Wildman–Crippen MR) is 80.5 cm³/mol. The van der Waals surface area contributed by atoms with Crippen molar-refractivity contribution in [3.63, 3.8) is 0 Å². The van der Waals surface area contributed by atoms with Gasteiger partial charge in [0.05, 0.1) is 13.0 Å². The molecule has 1 aliphatic heterocycles. The van der Waals surface area contributed by atoms with Crippen LogP contribution in [0.25, 0.3) is 0 Å². The Bertz CT molecular complexity index is 487. The summed E-state index contributed by atoms with van der Waals surface area (Å²) in [5.74, 6) is -0.560. The number of amides is 1. The zero-order valence-corrected chi connectivity index (χ0v) is 13.0. The van der Waals surface area contributed by atoms with E-state index in [0.717, 1.165) is 19.4 Å². The Morgan fingerprint density at radius 3 is 2.77 bits per heavy atom. The zero-order chi connectivity index (χ0) is 15.9. The first-order valence-corrected chi connectivity index (χ1v) is 7.81. The highest BCUT2D eigenvalue weighted by Crippen LogP contribution is 2.23. The molecule has 1 fully saturated rings. The normalized spacial score (nSPS) is 18.5. The van der Waals surface area contributed by atoms with Gasteiger partial charge in [-0.25, -0.2) is 8.78 Å². The molecule has 0 radical (unpaired) electrons. The van der Waals surface area contributed by atoms with Gasteiger partial charge in [-0.1, -0.05) is 6.07 Å². The number of nitrogens with zero attached hydrogens (tertiary/aromatic N) is 1. The van der Waals surface area contributed by atoms with Gasteiger partial charge >= 0.3 is 0 Å². The van der Waals surface area contributed by atoms with Gasteiger partial charge in [0.2, 0.25) is 5.91 Å². The molecule has 1 atom stereocenters. The van der Waals surface area contributed by atoms with Crippen LogP contribution in [-0.4, -0.2) is 37.6 Å². The second-order valence-corrected chi connectivity index (χ2v) is 5.83. The summed E-state index contributed by atoms with van der Waals surface area (Å²) in [4.78, 5) is 13.9. The summed E-state index contributed by atoms with van der Waals surface area (Å²) in [5.41, 5.74) is 0.158. The van der Waals surface area contributed by atoms with Gasteiger partial charge < -0.3 is 9.64 Å². The maximum atomic E-state index is 13.6. The van der Waals surface area contributed by atoms with Gasteiger partial charge in [0, 0.05) is 25.8 Å². The Labute approximate surface area is 130 Å². The third kappa shape index (κ3) is 4.50. The zero-order valence-electron chi connectivity index (χ0n) is 13.0. The first-order chi connectivity index (χ1) is 10.6. The minimum absolute atomic E-state index is 0.101. The van der Waals surface area contributed by atoms with E-state index in [4.69, 9.17) is 4.74 Å². The Hall–Kier alpha value is -1.49. The van der Waals surface area contributed by atoms with Crippen LogP contribution in [-0.2, 0) is 16.0 Å². The lowest BCUT2D eigenvalue weighted by Gasteiger charge is -2.33. The monoisotopic (exact) mass is 311 g/mol. The number of piperidine rings is 1. The fraction of sp³-hybridized carbons (Fsp3) is 0.588. The third-order valence-electron chi connectivity index (χ3n) is 4.26. The van der Waals surface area contributed by atoms with Crippen LogP contribution in [0.5, 0.6) is 0 Å². The van der Waals surface area contributed by atoms with Gasteiger partial charge in [0.1, 0.15) is 11.6 Å². The molecule has 1 saturated heterocycles. The van der Waals surface area contributed by atoms with Crippen LogP contribution in [0.15, 0.2) is 18.2 Å². The lowest BCUT2D eigenvalue weighted by atomic mass is 9.91. The van der Waals surface area contributed by atoms with Gasteiger partial charge in [-0.3, -0.25) is 4.79 Å². The van der Waals surface area contributed by atoms with Crippen LogP contribution < -0.4 is 0 Å². The van der Waals surface area contributed by atoms with Crippen molar-refractivity contribution in [2.75, 3.05) is 26.8 Å². The maximum Gasteiger partial charge on any atom is 0.224 e. The fourth-order valence-corrected chi connectivity index (χ4v) is 2.99. The van der Waals surface area contributed by atoms with Crippen LogP contribution in [0.2, 0.25) is 0 Å².